The first-order valence-corrected chi connectivity index (χ1v) is 8.07. The molecule has 0 aromatic heterocycles. The zero-order valence-corrected chi connectivity index (χ0v) is 14.1. The molecule has 0 atom stereocenters. The molecule has 0 saturated heterocycles. The molecule has 0 radical (unpaired) electrons. The quantitative estimate of drug-likeness (QED) is 0.718. The monoisotopic (exact) mass is 348 g/mol. The van der Waals surface area contributed by atoms with Crippen LogP contribution in [0.15, 0.2) is 72.8 Å². The van der Waals surface area contributed by atoms with E-state index in [4.69, 9.17) is 0 Å². The van der Waals surface area contributed by atoms with Crippen LogP contribution in [-0.2, 0) is 4.79 Å². The lowest BCUT2D eigenvalue weighted by atomic mass is 10.0. The minimum absolute atomic E-state index is 0.113. The lowest BCUT2D eigenvalue weighted by molar-refractivity contribution is -0.114. The third-order valence-corrected chi connectivity index (χ3v) is 3.79. The summed E-state index contributed by atoms with van der Waals surface area (Å²) in [4.78, 5) is 23.4. The summed E-state index contributed by atoms with van der Waals surface area (Å²) in [5, 5.41) is 5.22. The Hall–Kier alpha value is -3.47. The molecule has 26 heavy (non-hydrogen) atoms. The van der Waals surface area contributed by atoms with Gasteiger partial charge in [0.2, 0.25) is 5.91 Å². The average Bonchev–Trinajstić information content (AvgIpc) is 2.64. The molecule has 4 nitrogen and oxygen atoms in total. The third kappa shape index (κ3) is 4.13. The second kappa shape index (κ2) is 7.61. The van der Waals surface area contributed by atoms with Gasteiger partial charge in [0.25, 0.3) is 5.91 Å². The number of nitrogens with one attached hydrogen (secondary N) is 2. The summed E-state index contributed by atoms with van der Waals surface area (Å²) in [6.45, 7) is 1.41. The van der Waals surface area contributed by atoms with Gasteiger partial charge in [0.1, 0.15) is 5.82 Å². The number of hydrogen-bond donors (Lipinski definition) is 2. The van der Waals surface area contributed by atoms with E-state index in [0.717, 1.165) is 11.1 Å². The van der Waals surface area contributed by atoms with Crippen LogP contribution >= 0.6 is 0 Å². The molecule has 0 aliphatic rings. The van der Waals surface area contributed by atoms with Crippen molar-refractivity contribution in [2.45, 2.75) is 6.92 Å². The summed E-state index contributed by atoms with van der Waals surface area (Å²) < 4.78 is 14.1. The van der Waals surface area contributed by atoms with Gasteiger partial charge < -0.3 is 10.6 Å². The zero-order chi connectivity index (χ0) is 18.5. The Morgan fingerprint density at radius 3 is 2.15 bits per heavy atom. The van der Waals surface area contributed by atoms with E-state index in [1.165, 1.54) is 13.0 Å². The fourth-order valence-electron chi connectivity index (χ4n) is 2.53. The van der Waals surface area contributed by atoms with Crippen molar-refractivity contribution < 1.29 is 14.0 Å². The molecule has 0 saturated carbocycles. The molecule has 0 fully saturated rings. The lowest BCUT2D eigenvalue weighted by Gasteiger charge is -2.10. The largest absolute Gasteiger partial charge is 0.326 e. The van der Waals surface area contributed by atoms with Crippen molar-refractivity contribution in [2.24, 2.45) is 0 Å². The van der Waals surface area contributed by atoms with Crippen LogP contribution in [0, 0.1) is 5.82 Å². The van der Waals surface area contributed by atoms with Gasteiger partial charge >= 0.3 is 0 Å². The number of carbonyl (C=O) groups is 2. The van der Waals surface area contributed by atoms with Crippen molar-refractivity contribution in [3.63, 3.8) is 0 Å². The molecule has 0 unspecified atom stereocenters. The van der Waals surface area contributed by atoms with Crippen molar-refractivity contribution in [2.75, 3.05) is 10.6 Å². The van der Waals surface area contributed by atoms with Crippen LogP contribution in [0.3, 0.4) is 0 Å². The predicted molar refractivity (Wildman–Crippen MR) is 101 cm³/mol. The molecule has 0 aliphatic carbocycles. The van der Waals surface area contributed by atoms with Gasteiger partial charge in [-0.3, -0.25) is 9.59 Å². The van der Waals surface area contributed by atoms with E-state index >= 15 is 0 Å². The maximum absolute atomic E-state index is 14.1. The number of rotatable bonds is 4. The normalized spacial score (nSPS) is 10.2. The Morgan fingerprint density at radius 2 is 1.50 bits per heavy atom. The average molecular weight is 348 g/mol. The third-order valence-electron chi connectivity index (χ3n) is 3.79. The van der Waals surface area contributed by atoms with Crippen molar-refractivity contribution in [1.82, 2.24) is 0 Å². The van der Waals surface area contributed by atoms with Gasteiger partial charge in [-0.1, -0.05) is 36.4 Å². The Labute approximate surface area is 150 Å². The first-order valence-electron chi connectivity index (χ1n) is 8.07. The van der Waals surface area contributed by atoms with Gasteiger partial charge in [-0.15, -0.1) is 0 Å². The first kappa shape index (κ1) is 17.4. The van der Waals surface area contributed by atoms with Gasteiger partial charge in [0, 0.05) is 18.2 Å². The molecular formula is C21H17FN2O2. The minimum atomic E-state index is -0.507. The summed E-state index contributed by atoms with van der Waals surface area (Å²) >= 11 is 0. The number of amides is 2. The SMILES string of the molecule is CC(=O)Nc1ccc(C(=O)Nc2cc(-c3ccccc3)ccc2F)cc1. The van der Waals surface area contributed by atoms with E-state index in [1.807, 2.05) is 30.3 Å². The minimum Gasteiger partial charge on any atom is -0.326 e. The van der Waals surface area contributed by atoms with Crippen molar-refractivity contribution in [1.29, 1.82) is 0 Å². The van der Waals surface area contributed by atoms with Crippen molar-refractivity contribution in [3.8, 4) is 11.1 Å². The molecule has 0 spiro atoms. The van der Waals surface area contributed by atoms with Crippen LogP contribution in [0.4, 0.5) is 15.8 Å². The molecule has 0 bridgehead atoms. The predicted octanol–water partition coefficient (Wildman–Crippen LogP) is 4.70. The molecule has 130 valence electrons. The maximum atomic E-state index is 14.1. The second-order valence-corrected chi connectivity index (χ2v) is 5.77. The van der Waals surface area contributed by atoms with E-state index in [1.54, 1.807) is 36.4 Å². The van der Waals surface area contributed by atoms with Crippen LogP contribution in [-0.4, -0.2) is 11.8 Å². The summed E-state index contributed by atoms with van der Waals surface area (Å²) in [5.74, 6) is -1.13. The smallest absolute Gasteiger partial charge is 0.255 e. The van der Waals surface area contributed by atoms with Gasteiger partial charge in [0.15, 0.2) is 0 Å². The van der Waals surface area contributed by atoms with Gasteiger partial charge in [-0.25, -0.2) is 4.39 Å². The highest BCUT2D eigenvalue weighted by molar-refractivity contribution is 6.05. The number of anilines is 2. The number of hydrogen-bond acceptors (Lipinski definition) is 2. The van der Waals surface area contributed by atoms with E-state index in [0.29, 0.717) is 11.3 Å². The lowest BCUT2D eigenvalue weighted by Crippen LogP contribution is -2.13. The van der Waals surface area contributed by atoms with Gasteiger partial charge in [-0.05, 0) is 47.5 Å². The fraction of sp³-hybridized carbons (Fsp3) is 0.0476. The van der Waals surface area contributed by atoms with Crippen molar-refractivity contribution in [3.05, 3.63) is 84.2 Å². The molecule has 0 aliphatic heterocycles. The van der Waals surface area contributed by atoms with Crippen LogP contribution in [0.2, 0.25) is 0 Å². The molecule has 3 rings (SSSR count). The Kier molecular flexibility index (Phi) is 5.08. The highest BCUT2D eigenvalue weighted by atomic mass is 19.1. The molecule has 2 N–H and O–H groups in total. The Bertz CT molecular complexity index is 938. The van der Waals surface area contributed by atoms with Crippen LogP contribution < -0.4 is 10.6 Å². The van der Waals surface area contributed by atoms with Crippen LogP contribution in [0.5, 0.6) is 0 Å². The molecule has 3 aromatic rings. The molecule has 5 heteroatoms. The summed E-state index contributed by atoms with van der Waals surface area (Å²) in [6.07, 6.45) is 0. The van der Waals surface area contributed by atoms with Crippen molar-refractivity contribution >= 4 is 23.2 Å². The molecule has 2 amide bonds. The summed E-state index contributed by atoms with van der Waals surface area (Å²) in [6, 6.07) is 20.5. The van der Waals surface area contributed by atoms with Gasteiger partial charge in [0.05, 0.1) is 5.69 Å². The summed E-state index contributed by atoms with van der Waals surface area (Å²) in [7, 11) is 0. The van der Waals surface area contributed by atoms with E-state index in [2.05, 4.69) is 10.6 Å². The number of halogens is 1. The molecule has 3 aromatic carbocycles. The topological polar surface area (TPSA) is 58.2 Å². The fourth-order valence-corrected chi connectivity index (χ4v) is 2.53. The molecule has 0 heterocycles. The summed E-state index contributed by atoms with van der Waals surface area (Å²) in [5.41, 5.74) is 2.81. The van der Waals surface area contributed by atoms with E-state index < -0.39 is 11.7 Å². The number of carbonyl (C=O) groups excluding carboxylic acids is 2. The van der Waals surface area contributed by atoms with E-state index in [9.17, 15) is 14.0 Å². The van der Waals surface area contributed by atoms with Crippen LogP contribution in [0.1, 0.15) is 17.3 Å². The van der Waals surface area contributed by atoms with Crippen LogP contribution in [0.25, 0.3) is 11.1 Å². The van der Waals surface area contributed by atoms with Gasteiger partial charge in [-0.2, -0.15) is 0 Å². The van der Waals surface area contributed by atoms with E-state index in [-0.39, 0.29) is 11.6 Å². The number of benzene rings is 3. The Balaban J connectivity index is 1.79. The second-order valence-electron chi connectivity index (χ2n) is 5.77. The highest BCUT2D eigenvalue weighted by Gasteiger charge is 2.11. The highest BCUT2D eigenvalue weighted by Crippen LogP contribution is 2.25. The Morgan fingerprint density at radius 1 is 0.808 bits per heavy atom. The maximum Gasteiger partial charge on any atom is 0.255 e. The zero-order valence-electron chi connectivity index (χ0n) is 14.1. The standard InChI is InChI=1S/C21H17FN2O2/c1-14(25)23-18-10-7-16(8-11-18)21(26)24-20-13-17(9-12-19(20)22)15-5-3-2-4-6-15/h2-13H,1H3,(H,23,25)(H,24,26). The first-order chi connectivity index (χ1) is 12.5. The molecular weight excluding hydrogens is 331 g/mol.